The van der Waals surface area contributed by atoms with Crippen molar-refractivity contribution in [1.82, 2.24) is 0 Å². The van der Waals surface area contributed by atoms with Crippen molar-refractivity contribution in [3.8, 4) is 6.07 Å². The Morgan fingerprint density at radius 3 is 2.47 bits per heavy atom. The smallest absolute Gasteiger partial charge is 0.0994 e. The van der Waals surface area contributed by atoms with Crippen LogP contribution in [0.2, 0.25) is 0 Å². The van der Waals surface area contributed by atoms with Crippen molar-refractivity contribution in [2.45, 2.75) is 25.7 Å². The quantitative estimate of drug-likeness (QED) is 0.797. The van der Waals surface area contributed by atoms with Gasteiger partial charge in [-0.25, -0.2) is 0 Å². The maximum Gasteiger partial charge on any atom is 0.0994 e. The fourth-order valence-electron chi connectivity index (χ4n) is 2.52. The molecule has 1 aliphatic carbocycles. The molecular weight excluding hydrogens is 186 g/mol. The van der Waals surface area contributed by atoms with Gasteiger partial charge in [-0.15, -0.1) is 0 Å². The van der Waals surface area contributed by atoms with Gasteiger partial charge in [0.05, 0.1) is 18.2 Å². The third kappa shape index (κ3) is 1.27. The van der Waals surface area contributed by atoms with Crippen LogP contribution in [0.4, 0.5) is 0 Å². The van der Waals surface area contributed by atoms with Crippen molar-refractivity contribution in [1.29, 1.82) is 5.26 Å². The Bertz CT molecular complexity index is 430. The topological polar surface area (TPSA) is 44.0 Å². The maximum atomic E-state index is 9.56. The lowest BCUT2D eigenvalue weighted by Crippen LogP contribution is -2.20. The third-order valence-corrected chi connectivity index (χ3v) is 3.75. The molecule has 2 heteroatoms. The van der Waals surface area contributed by atoms with E-state index in [1.54, 1.807) is 0 Å². The van der Waals surface area contributed by atoms with Gasteiger partial charge in [0.2, 0.25) is 0 Å². The van der Waals surface area contributed by atoms with Crippen molar-refractivity contribution >= 4 is 0 Å². The molecule has 0 aliphatic heterocycles. The van der Waals surface area contributed by atoms with Crippen LogP contribution in [0, 0.1) is 16.7 Å². The van der Waals surface area contributed by atoms with Gasteiger partial charge >= 0.3 is 0 Å². The van der Waals surface area contributed by atoms with Crippen molar-refractivity contribution in [2.24, 2.45) is 5.41 Å². The minimum absolute atomic E-state index is 0.106. The summed E-state index contributed by atoms with van der Waals surface area (Å²) in [5.74, 6) is 0. The van der Waals surface area contributed by atoms with Gasteiger partial charge in [0.15, 0.2) is 0 Å². The van der Waals surface area contributed by atoms with Crippen LogP contribution in [0.1, 0.15) is 31.4 Å². The van der Waals surface area contributed by atoms with E-state index in [-0.39, 0.29) is 17.4 Å². The van der Waals surface area contributed by atoms with Gasteiger partial charge in [0.25, 0.3) is 0 Å². The van der Waals surface area contributed by atoms with Crippen molar-refractivity contribution < 1.29 is 5.11 Å². The van der Waals surface area contributed by atoms with Crippen LogP contribution in [0.5, 0.6) is 0 Å². The number of rotatable bonds is 2. The number of hydrogen-bond acceptors (Lipinski definition) is 2. The number of aliphatic hydroxyl groups is 1. The molecule has 1 aromatic carbocycles. The molecule has 15 heavy (non-hydrogen) atoms. The molecule has 0 heterocycles. The van der Waals surface area contributed by atoms with Gasteiger partial charge < -0.3 is 5.11 Å². The summed E-state index contributed by atoms with van der Waals surface area (Å²) < 4.78 is 0. The standard InChI is InChI=1S/C13H15NO/c1-12(2)8-13(12,9-15)11-6-4-3-5-10(11)7-14/h3-6,15H,8-9H2,1-2H3. The molecule has 0 radical (unpaired) electrons. The molecule has 1 aliphatic rings. The van der Waals surface area contributed by atoms with Gasteiger partial charge in [-0.05, 0) is 23.5 Å². The predicted molar refractivity (Wildman–Crippen MR) is 58.3 cm³/mol. The highest BCUT2D eigenvalue weighted by Gasteiger charge is 2.62. The van der Waals surface area contributed by atoms with Crippen molar-refractivity contribution in [3.05, 3.63) is 35.4 Å². The summed E-state index contributed by atoms with van der Waals surface area (Å²) in [5.41, 5.74) is 1.60. The van der Waals surface area contributed by atoms with E-state index in [4.69, 9.17) is 5.26 Å². The van der Waals surface area contributed by atoms with Gasteiger partial charge in [-0.2, -0.15) is 5.26 Å². The first kappa shape index (κ1) is 10.2. The highest BCUT2D eigenvalue weighted by Crippen LogP contribution is 2.64. The molecule has 0 spiro atoms. The van der Waals surface area contributed by atoms with Crippen molar-refractivity contribution in [2.75, 3.05) is 6.61 Å². The molecule has 2 nitrogen and oxygen atoms in total. The summed E-state index contributed by atoms with van der Waals surface area (Å²) >= 11 is 0. The van der Waals surface area contributed by atoms with Crippen LogP contribution in [0.25, 0.3) is 0 Å². The van der Waals surface area contributed by atoms with E-state index >= 15 is 0 Å². The predicted octanol–water partition coefficient (Wildman–Crippen LogP) is 2.22. The highest BCUT2D eigenvalue weighted by atomic mass is 16.3. The zero-order valence-corrected chi connectivity index (χ0v) is 9.12. The number of hydrogen-bond donors (Lipinski definition) is 1. The Kier molecular flexibility index (Phi) is 2.09. The first-order valence-electron chi connectivity index (χ1n) is 5.18. The largest absolute Gasteiger partial charge is 0.395 e. The Morgan fingerprint density at radius 2 is 2.00 bits per heavy atom. The SMILES string of the molecule is CC1(C)CC1(CO)c1ccccc1C#N. The number of aliphatic hydroxyl groups excluding tert-OH is 1. The van der Waals surface area contributed by atoms with E-state index in [1.807, 2.05) is 24.3 Å². The molecule has 0 amide bonds. The highest BCUT2D eigenvalue weighted by molar-refractivity contribution is 5.48. The average molecular weight is 201 g/mol. The summed E-state index contributed by atoms with van der Waals surface area (Å²) in [6.45, 7) is 4.40. The lowest BCUT2D eigenvalue weighted by molar-refractivity contribution is 0.231. The van der Waals surface area contributed by atoms with E-state index in [1.165, 1.54) is 0 Å². The van der Waals surface area contributed by atoms with Crippen LogP contribution >= 0.6 is 0 Å². The maximum absolute atomic E-state index is 9.56. The second kappa shape index (κ2) is 3.08. The van der Waals surface area contributed by atoms with Crippen LogP contribution in [0.3, 0.4) is 0 Å². The second-order valence-electron chi connectivity index (χ2n) is 4.96. The van der Waals surface area contributed by atoms with Gasteiger partial charge in [-0.1, -0.05) is 32.0 Å². The lowest BCUT2D eigenvalue weighted by atomic mass is 9.86. The fraction of sp³-hybridized carbons (Fsp3) is 0.462. The summed E-state index contributed by atoms with van der Waals surface area (Å²) in [6.07, 6.45) is 0.954. The fourth-order valence-corrected chi connectivity index (χ4v) is 2.52. The Labute approximate surface area is 90.2 Å². The Morgan fingerprint density at radius 1 is 1.40 bits per heavy atom. The molecule has 1 saturated carbocycles. The van der Waals surface area contributed by atoms with Gasteiger partial charge in [0.1, 0.15) is 0 Å². The third-order valence-electron chi connectivity index (χ3n) is 3.75. The summed E-state index contributed by atoms with van der Waals surface area (Å²) in [5, 5.41) is 18.6. The first-order valence-corrected chi connectivity index (χ1v) is 5.18. The Hall–Kier alpha value is -1.33. The molecule has 0 bridgehead atoms. The first-order chi connectivity index (χ1) is 7.07. The number of nitriles is 1. The minimum Gasteiger partial charge on any atom is -0.395 e. The number of benzene rings is 1. The van der Waals surface area contributed by atoms with E-state index in [0.717, 1.165) is 12.0 Å². The molecule has 1 fully saturated rings. The molecule has 1 aromatic rings. The van der Waals surface area contributed by atoms with Crippen molar-refractivity contribution in [3.63, 3.8) is 0 Å². The van der Waals surface area contributed by atoms with Crippen LogP contribution < -0.4 is 0 Å². The molecule has 0 saturated heterocycles. The molecule has 1 N–H and O–H groups in total. The van der Waals surface area contributed by atoms with Gasteiger partial charge in [-0.3, -0.25) is 0 Å². The molecule has 1 unspecified atom stereocenters. The summed E-state index contributed by atoms with van der Waals surface area (Å²) in [7, 11) is 0. The number of nitrogens with zero attached hydrogens (tertiary/aromatic N) is 1. The van der Waals surface area contributed by atoms with Crippen LogP contribution in [-0.2, 0) is 5.41 Å². The molecule has 0 aromatic heterocycles. The molecular formula is C13H15NO. The monoisotopic (exact) mass is 201 g/mol. The van der Waals surface area contributed by atoms with E-state index < -0.39 is 0 Å². The van der Waals surface area contributed by atoms with Crippen LogP contribution in [-0.4, -0.2) is 11.7 Å². The normalized spacial score (nSPS) is 27.1. The molecule has 78 valence electrons. The van der Waals surface area contributed by atoms with E-state index in [0.29, 0.717) is 5.56 Å². The molecule has 1 atom stereocenters. The van der Waals surface area contributed by atoms with E-state index in [9.17, 15) is 5.11 Å². The lowest BCUT2D eigenvalue weighted by Gasteiger charge is -2.19. The van der Waals surface area contributed by atoms with Crippen LogP contribution in [0.15, 0.2) is 24.3 Å². The minimum atomic E-state index is -0.195. The average Bonchev–Trinajstić information content (AvgIpc) is 2.82. The Balaban J connectivity index is 2.52. The summed E-state index contributed by atoms with van der Waals surface area (Å²) in [6, 6.07) is 9.78. The summed E-state index contributed by atoms with van der Waals surface area (Å²) in [4.78, 5) is 0. The molecule has 2 rings (SSSR count). The van der Waals surface area contributed by atoms with E-state index in [2.05, 4.69) is 19.9 Å². The zero-order chi connectivity index (χ0) is 11.1. The zero-order valence-electron chi connectivity index (χ0n) is 9.12. The van der Waals surface area contributed by atoms with Gasteiger partial charge in [0, 0.05) is 5.41 Å². The second-order valence-corrected chi connectivity index (χ2v) is 4.96.